The van der Waals surface area contributed by atoms with Gasteiger partial charge in [-0.1, -0.05) is 18.2 Å². The van der Waals surface area contributed by atoms with Crippen LogP contribution in [0.5, 0.6) is 0 Å². The molecule has 0 aliphatic rings. The van der Waals surface area contributed by atoms with E-state index in [0.29, 0.717) is 17.3 Å². The van der Waals surface area contributed by atoms with Crippen LogP contribution in [0.1, 0.15) is 5.56 Å². The monoisotopic (exact) mass is 368 g/mol. The lowest BCUT2D eigenvalue weighted by Crippen LogP contribution is -2.01. The van der Waals surface area contributed by atoms with Crippen LogP contribution in [0, 0.1) is 0 Å². The second kappa shape index (κ2) is 6.92. The molecule has 0 radical (unpaired) electrons. The molecule has 0 aliphatic carbocycles. The van der Waals surface area contributed by atoms with E-state index in [1.807, 2.05) is 41.1 Å². The normalized spacial score (nSPS) is 11.0. The first-order valence-electron chi connectivity index (χ1n) is 8.79. The lowest BCUT2D eigenvalue weighted by Gasteiger charge is -2.09. The summed E-state index contributed by atoms with van der Waals surface area (Å²) in [5.41, 5.74) is 2.81. The number of anilines is 2. The number of benzene rings is 1. The molecule has 1 N–H and O–H groups in total. The summed E-state index contributed by atoms with van der Waals surface area (Å²) in [6, 6.07) is 13.9. The van der Waals surface area contributed by atoms with Crippen LogP contribution in [-0.4, -0.2) is 34.3 Å². The molecule has 0 amide bonds. The number of aromatic nitrogens is 7. The van der Waals surface area contributed by atoms with E-state index in [4.69, 9.17) is 0 Å². The fourth-order valence-corrected chi connectivity index (χ4v) is 3.07. The van der Waals surface area contributed by atoms with Crippen LogP contribution in [0.4, 0.5) is 11.5 Å². The van der Waals surface area contributed by atoms with Crippen molar-refractivity contribution >= 4 is 22.5 Å². The van der Waals surface area contributed by atoms with E-state index in [0.717, 1.165) is 23.2 Å². The molecule has 136 valence electrons. The summed E-state index contributed by atoms with van der Waals surface area (Å²) in [4.78, 5) is 17.2. The van der Waals surface area contributed by atoms with E-state index < -0.39 is 0 Å². The number of hydrogen-bond donors (Lipinski definition) is 1. The first-order chi connectivity index (χ1) is 13.9. The molecule has 0 saturated heterocycles. The van der Waals surface area contributed by atoms with E-state index in [-0.39, 0.29) is 0 Å². The molecule has 5 rings (SSSR count). The molecule has 0 fully saturated rings. The molecule has 0 unspecified atom stereocenters. The number of imidazole rings is 1. The molecule has 0 atom stereocenters. The van der Waals surface area contributed by atoms with Gasteiger partial charge in [-0.3, -0.25) is 0 Å². The van der Waals surface area contributed by atoms with Gasteiger partial charge in [-0.15, -0.1) is 0 Å². The highest BCUT2D eigenvalue weighted by Gasteiger charge is 2.12. The maximum Gasteiger partial charge on any atom is 0.170 e. The van der Waals surface area contributed by atoms with Gasteiger partial charge in [-0.2, -0.15) is 9.78 Å². The first-order valence-corrected chi connectivity index (χ1v) is 8.79. The molecule has 28 heavy (non-hydrogen) atoms. The molecular weight excluding hydrogens is 352 g/mol. The number of fused-ring (bicyclic) bond motifs is 1. The third kappa shape index (κ3) is 3.07. The minimum Gasteiger partial charge on any atom is -0.340 e. The predicted molar refractivity (Wildman–Crippen MR) is 106 cm³/mol. The van der Waals surface area contributed by atoms with E-state index in [1.165, 1.54) is 6.33 Å². The third-order valence-corrected chi connectivity index (χ3v) is 4.35. The average molecular weight is 368 g/mol. The van der Waals surface area contributed by atoms with Crippen molar-refractivity contribution in [1.82, 2.24) is 34.3 Å². The lowest BCUT2D eigenvalue weighted by molar-refractivity contribution is 0.797. The Hall–Kier alpha value is -4.07. The summed E-state index contributed by atoms with van der Waals surface area (Å²) in [6.45, 7) is 0.756. The summed E-state index contributed by atoms with van der Waals surface area (Å²) in [5, 5.41) is 8.65. The summed E-state index contributed by atoms with van der Waals surface area (Å²) >= 11 is 0. The molecule has 8 nitrogen and oxygen atoms in total. The van der Waals surface area contributed by atoms with Crippen molar-refractivity contribution in [3.05, 3.63) is 85.5 Å². The molecule has 1 aromatic carbocycles. The molecule has 4 heterocycles. The van der Waals surface area contributed by atoms with E-state index >= 15 is 0 Å². The van der Waals surface area contributed by atoms with Crippen molar-refractivity contribution in [2.24, 2.45) is 0 Å². The molecule has 0 spiro atoms. The van der Waals surface area contributed by atoms with E-state index in [1.54, 1.807) is 29.6 Å². The zero-order chi connectivity index (χ0) is 18.8. The van der Waals surface area contributed by atoms with Crippen LogP contribution in [-0.2, 0) is 6.54 Å². The Labute approximate surface area is 160 Å². The second-order valence-electron chi connectivity index (χ2n) is 6.26. The zero-order valence-corrected chi connectivity index (χ0v) is 14.8. The highest BCUT2D eigenvalue weighted by atomic mass is 15.3. The number of nitrogens with zero attached hydrogens (tertiary/aromatic N) is 7. The summed E-state index contributed by atoms with van der Waals surface area (Å²) in [6.07, 6.45) is 10.5. The van der Waals surface area contributed by atoms with Gasteiger partial charge in [-0.25, -0.2) is 19.9 Å². The number of hydrogen-bond acceptors (Lipinski definition) is 6. The second-order valence-corrected chi connectivity index (χ2v) is 6.26. The molecule has 8 heteroatoms. The van der Waals surface area contributed by atoms with Crippen molar-refractivity contribution < 1.29 is 0 Å². The standard InChI is InChI=1S/C20H16N8/c1-2-7-22-18(6-1)28-20-17(11-25-28)19(23-13-24-20)26-16-5-3-4-15(10-16)12-27-9-8-21-14-27/h1-11,13-14H,12H2,(H,23,24,26). The van der Waals surface area contributed by atoms with Gasteiger partial charge in [-0.05, 0) is 29.8 Å². The van der Waals surface area contributed by atoms with Gasteiger partial charge < -0.3 is 9.88 Å². The Morgan fingerprint density at radius 2 is 1.96 bits per heavy atom. The minimum atomic E-state index is 0.700. The third-order valence-electron chi connectivity index (χ3n) is 4.35. The van der Waals surface area contributed by atoms with Crippen LogP contribution in [0.3, 0.4) is 0 Å². The van der Waals surface area contributed by atoms with Gasteiger partial charge in [0.15, 0.2) is 11.5 Å². The summed E-state index contributed by atoms with van der Waals surface area (Å²) < 4.78 is 3.73. The van der Waals surface area contributed by atoms with Gasteiger partial charge in [0.05, 0.1) is 17.9 Å². The Morgan fingerprint density at radius 3 is 2.82 bits per heavy atom. The fourth-order valence-electron chi connectivity index (χ4n) is 3.07. The summed E-state index contributed by atoms with van der Waals surface area (Å²) in [7, 11) is 0. The molecule has 5 aromatic rings. The Morgan fingerprint density at radius 1 is 0.964 bits per heavy atom. The molecule has 0 saturated carbocycles. The number of nitrogens with one attached hydrogen (secondary N) is 1. The van der Waals surface area contributed by atoms with Crippen LogP contribution >= 0.6 is 0 Å². The topological polar surface area (TPSA) is 86.3 Å². The maximum atomic E-state index is 4.44. The molecular formula is C20H16N8. The predicted octanol–water partition coefficient (Wildman–Crippen LogP) is 3.20. The highest BCUT2D eigenvalue weighted by molar-refractivity contribution is 5.88. The van der Waals surface area contributed by atoms with Gasteiger partial charge in [0.25, 0.3) is 0 Å². The van der Waals surface area contributed by atoms with Crippen molar-refractivity contribution in [2.45, 2.75) is 6.54 Å². The van der Waals surface area contributed by atoms with Crippen molar-refractivity contribution in [3.63, 3.8) is 0 Å². The van der Waals surface area contributed by atoms with Gasteiger partial charge in [0, 0.05) is 30.8 Å². The highest BCUT2D eigenvalue weighted by Crippen LogP contribution is 2.24. The van der Waals surface area contributed by atoms with Crippen LogP contribution in [0.2, 0.25) is 0 Å². The zero-order valence-electron chi connectivity index (χ0n) is 14.8. The van der Waals surface area contributed by atoms with Crippen LogP contribution in [0.15, 0.2) is 79.9 Å². The van der Waals surface area contributed by atoms with Crippen LogP contribution < -0.4 is 5.32 Å². The smallest absolute Gasteiger partial charge is 0.170 e. The van der Waals surface area contributed by atoms with Crippen molar-refractivity contribution in [3.8, 4) is 5.82 Å². The fraction of sp³-hybridized carbons (Fsp3) is 0.0500. The van der Waals surface area contributed by atoms with Gasteiger partial charge in [0.2, 0.25) is 0 Å². The Balaban J connectivity index is 1.47. The largest absolute Gasteiger partial charge is 0.340 e. The lowest BCUT2D eigenvalue weighted by atomic mass is 10.2. The number of rotatable bonds is 5. The Bertz CT molecular complexity index is 1210. The minimum absolute atomic E-state index is 0.700. The van der Waals surface area contributed by atoms with Gasteiger partial charge >= 0.3 is 0 Å². The van der Waals surface area contributed by atoms with Crippen molar-refractivity contribution in [2.75, 3.05) is 5.32 Å². The van der Waals surface area contributed by atoms with Crippen molar-refractivity contribution in [1.29, 1.82) is 0 Å². The molecule has 0 aliphatic heterocycles. The van der Waals surface area contributed by atoms with Gasteiger partial charge in [0.1, 0.15) is 12.1 Å². The van der Waals surface area contributed by atoms with E-state index in [2.05, 4.69) is 42.5 Å². The Kier molecular flexibility index (Phi) is 3.98. The molecule has 0 bridgehead atoms. The number of pyridine rings is 1. The molecule has 4 aromatic heterocycles. The van der Waals surface area contributed by atoms with Crippen LogP contribution in [0.25, 0.3) is 16.9 Å². The SMILES string of the molecule is c1ccc(-n2ncc3c(Nc4cccc(Cn5ccnc5)c4)ncnc32)nc1. The maximum absolute atomic E-state index is 4.44. The van der Waals surface area contributed by atoms with E-state index in [9.17, 15) is 0 Å². The first kappa shape index (κ1) is 16.1. The summed E-state index contributed by atoms with van der Waals surface area (Å²) in [5.74, 6) is 1.41. The quantitative estimate of drug-likeness (QED) is 0.513. The average Bonchev–Trinajstić information content (AvgIpc) is 3.39.